The Bertz CT molecular complexity index is 1220. The normalized spacial score (nSPS) is 11.0. The van der Waals surface area contributed by atoms with E-state index in [2.05, 4.69) is 15.5 Å². The molecule has 0 saturated carbocycles. The van der Waals surface area contributed by atoms with Gasteiger partial charge in [-0.25, -0.2) is 17.6 Å². The van der Waals surface area contributed by atoms with Crippen molar-refractivity contribution in [2.24, 2.45) is 0 Å². The summed E-state index contributed by atoms with van der Waals surface area (Å²) in [4.78, 5) is 12.2. The Morgan fingerprint density at radius 1 is 0.857 bits per heavy atom. The summed E-state index contributed by atoms with van der Waals surface area (Å²) in [6.45, 7) is 0. The quantitative estimate of drug-likeness (QED) is 0.486. The molecule has 0 radical (unpaired) electrons. The number of nitrogens with one attached hydrogen (secondary N) is 2. The lowest BCUT2D eigenvalue weighted by atomic mass is 10.0. The number of rotatable bonds is 3. The van der Waals surface area contributed by atoms with E-state index in [1.807, 2.05) is 0 Å². The summed E-state index contributed by atoms with van der Waals surface area (Å²) in [7, 11) is 0. The number of aromatic amines is 1. The number of aromatic nitrogens is 2. The summed E-state index contributed by atoms with van der Waals surface area (Å²) in [6, 6.07) is 10.4. The Morgan fingerprint density at radius 2 is 1.61 bits per heavy atom. The number of halogens is 4. The number of hydrogen-bond donors (Lipinski definition) is 2. The van der Waals surface area contributed by atoms with Crippen LogP contribution in [0.15, 0.2) is 54.6 Å². The number of carbonyl (C=O) groups is 1. The number of hydrogen-bond acceptors (Lipinski definition) is 2. The highest BCUT2D eigenvalue weighted by molar-refractivity contribution is 6.08. The number of benzene rings is 3. The molecule has 0 unspecified atom stereocenters. The van der Waals surface area contributed by atoms with Crippen LogP contribution in [-0.2, 0) is 0 Å². The highest BCUT2D eigenvalue weighted by atomic mass is 19.1. The Morgan fingerprint density at radius 3 is 2.39 bits per heavy atom. The van der Waals surface area contributed by atoms with E-state index >= 15 is 0 Å². The van der Waals surface area contributed by atoms with Crippen LogP contribution in [0.2, 0.25) is 0 Å². The first-order valence-electron chi connectivity index (χ1n) is 8.12. The number of nitrogens with zero attached hydrogens (tertiary/aromatic N) is 1. The van der Waals surface area contributed by atoms with E-state index in [1.165, 1.54) is 0 Å². The molecule has 2 N–H and O–H groups in total. The van der Waals surface area contributed by atoms with Crippen LogP contribution >= 0.6 is 0 Å². The van der Waals surface area contributed by atoms with Crippen LogP contribution in [0.1, 0.15) is 10.4 Å². The largest absolute Gasteiger partial charge is 0.304 e. The lowest BCUT2D eigenvalue weighted by molar-refractivity contribution is 0.102. The van der Waals surface area contributed by atoms with Crippen molar-refractivity contribution in [2.45, 2.75) is 0 Å². The summed E-state index contributed by atoms with van der Waals surface area (Å²) in [5, 5.41) is 9.57. The van der Waals surface area contributed by atoms with E-state index in [1.54, 1.807) is 18.2 Å². The molecule has 0 atom stereocenters. The highest BCUT2D eigenvalue weighted by Crippen LogP contribution is 2.29. The number of fused-ring (bicyclic) bond motifs is 1. The van der Waals surface area contributed by atoms with Gasteiger partial charge < -0.3 is 5.32 Å². The number of anilines is 1. The van der Waals surface area contributed by atoms with Crippen LogP contribution in [0.25, 0.3) is 22.0 Å². The first-order chi connectivity index (χ1) is 13.4. The summed E-state index contributed by atoms with van der Waals surface area (Å²) in [6.07, 6.45) is 0. The van der Waals surface area contributed by atoms with Gasteiger partial charge in [-0.3, -0.25) is 9.89 Å². The van der Waals surface area contributed by atoms with Crippen molar-refractivity contribution < 1.29 is 22.4 Å². The van der Waals surface area contributed by atoms with Crippen molar-refractivity contribution in [3.63, 3.8) is 0 Å². The van der Waals surface area contributed by atoms with E-state index in [9.17, 15) is 22.4 Å². The van der Waals surface area contributed by atoms with Crippen molar-refractivity contribution in [2.75, 3.05) is 5.32 Å². The second-order valence-electron chi connectivity index (χ2n) is 6.04. The second-order valence-corrected chi connectivity index (χ2v) is 6.04. The third-order valence-corrected chi connectivity index (χ3v) is 4.21. The lowest BCUT2D eigenvalue weighted by Crippen LogP contribution is -2.14. The predicted octanol–water partition coefficient (Wildman–Crippen LogP) is 5.04. The van der Waals surface area contributed by atoms with Crippen molar-refractivity contribution in [3.05, 3.63) is 83.4 Å². The molecule has 0 aliphatic heterocycles. The maximum Gasteiger partial charge on any atom is 0.259 e. The first kappa shape index (κ1) is 17.7. The SMILES string of the molecule is O=C(Nc1n[nH]c2cc(-c3cc(F)ccc3F)ccc12)c1ccc(F)cc1F. The number of H-pyrrole nitrogens is 1. The molecule has 0 spiro atoms. The van der Waals surface area contributed by atoms with Gasteiger partial charge in [0.2, 0.25) is 0 Å². The molecule has 0 saturated heterocycles. The fourth-order valence-electron chi connectivity index (χ4n) is 2.85. The Kier molecular flexibility index (Phi) is 4.31. The van der Waals surface area contributed by atoms with E-state index in [4.69, 9.17) is 0 Å². The van der Waals surface area contributed by atoms with Crippen molar-refractivity contribution >= 4 is 22.6 Å². The van der Waals surface area contributed by atoms with Gasteiger partial charge in [0.15, 0.2) is 5.82 Å². The van der Waals surface area contributed by atoms with Gasteiger partial charge in [0.05, 0.1) is 11.1 Å². The van der Waals surface area contributed by atoms with Crippen molar-refractivity contribution in [1.82, 2.24) is 10.2 Å². The van der Waals surface area contributed by atoms with E-state index in [-0.39, 0.29) is 16.9 Å². The maximum absolute atomic E-state index is 14.0. The Balaban J connectivity index is 1.67. The Hall–Kier alpha value is -3.68. The zero-order valence-electron chi connectivity index (χ0n) is 14.1. The molecular formula is C20H11F4N3O. The van der Waals surface area contributed by atoms with Gasteiger partial charge in [-0.15, -0.1) is 0 Å². The van der Waals surface area contributed by atoms with Crippen molar-refractivity contribution in [1.29, 1.82) is 0 Å². The fraction of sp³-hybridized carbons (Fsp3) is 0. The van der Waals surface area contributed by atoms with E-state index in [0.29, 0.717) is 22.5 Å². The molecule has 3 aromatic carbocycles. The average molecular weight is 385 g/mol. The average Bonchev–Trinajstić information content (AvgIpc) is 3.05. The van der Waals surface area contributed by atoms with Crippen LogP contribution in [0.4, 0.5) is 23.4 Å². The first-order valence-corrected chi connectivity index (χ1v) is 8.12. The van der Waals surface area contributed by atoms with Crippen LogP contribution in [-0.4, -0.2) is 16.1 Å². The van der Waals surface area contributed by atoms with Gasteiger partial charge in [-0.1, -0.05) is 6.07 Å². The third-order valence-electron chi connectivity index (χ3n) is 4.21. The standard InChI is InChI=1S/C20H11F4N3O/c21-11-3-6-16(23)15(8-11)10-1-4-14-18(7-10)26-27-19(14)25-20(28)13-5-2-12(22)9-17(13)24/h1-9H,(H2,25,26,27,28). The molecule has 0 aliphatic carbocycles. The smallest absolute Gasteiger partial charge is 0.259 e. The minimum Gasteiger partial charge on any atom is -0.304 e. The molecule has 0 fully saturated rings. The molecule has 1 amide bonds. The zero-order valence-corrected chi connectivity index (χ0v) is 14.1. The fourth-order valence-corrected chi connectivity index (χ4v) is 2.85. The van der Waals surface area contributed by atoms with Crippen LogP contribution in [0, 0.1) is 23.3 Å². The van der Waals surface area contributed by atoms with Gasteiger partial charge in [-0.05, 0) is 48.0 Å². The maximum atomic E-state index is 14.0. The monoisotopic (exact) mass is 385 g/mol. The van der Waals surface area contributed by atoms with Crippen LogP contribution in [0.5, 0.6) is 0 Å². The lowest BCUT2D eigenvalue weighted by Gasteiger charge is -2.06. The Labute approximate surface area is 155 Å². The summed E-state index contributed by atoms with van der Waals surface area (Å²) >= 11 is 0. The molecule has 1 aromatic heterocycles. The molecule has 28 heavy (non-hydrogen) atoms. The van der Waals surface area contributed by atoms with Gasteiger partial charge >= 0.3 is 0 Å². The second kappa shape index (κ2) is 6.80. The zero-order chi connectivity index (χ0) is 19.8. The van der Waals surface area contributed by atoms with Gasteiger partial charge in [0.1, 0.15) is 23.3 Å². The molecule has 1 heterocycles. The van der Waals surface area contributed by atoms with E-state index < -0.39 is 29.2 Å². The van der Waals surface area contributed by atoms with Crippen LogP contribution in [0.3, 0.4) is 0 Å². The molecule has 8 heteroatoms. The molecular weight excluding hydrogens is 374 g/mol. The number of carbonyl (C=O) groups excluding carboxylic acids is 1. The molecule has 4 aromatic rings. The number of amides is 1. The highest BCUT2D eigenvalue weighted by Gasteiger charge is 2.16. The summed E-state index contributed by atoms with van der Waals surface area (Å²) < 4.78 is 54.1. The molecule has 140 valence electrons. The minimum absolute atomic E-state index is 0.0791. The van der Waals surface area contributed by atoms with Gasteiger partial charge in [0.25, 0.3) is 5.91 Å². The van der Waals surface area contributed by atoms with Crippen molar-refractivity contribution in [3.8, 4) is 11.1 Å². The molecule has 0 aliphatic rings. The topological polar surface area (TPSA) is 57.8 Å². The molecule has 0 bridgehead atoms. The van der Waals surface area contributed by atoms with E-state index in [0.717, 1.165) is 30.3 Å². The minimum atomic E-state index is -0.999. The molecule has 4 rings (SSSR count). The van der Waals surface area contributed by atoms with Gasteiger partial charge in [0, 0.05) is 17.0 Å². The summed E-state index contributed by atoms with van der Waals surface area (Å²) in [5.74, 6) is -3.63. The molecule has 4 nitrogen and oxygen atoms in total. The van der Waals surface area contributed by atoms with Crippen LogP contribution < -0.4 is 5.32 Å². The predicted molar refractivity (Wildman–Crippen MR) is 95.8 cm³/mol. The third kappa shape index (κ3) is 3.20. The summed E-state index contributed by atoms with van der Waals surface area (Å²) in [5.41, 5.74) is 0.609. The van der Waals surface area contributed by atoms with Gasteiger partial charge in [-0.2, -0.15) is 5.10 Å².